The fourth-order valence-electron chi connectivity index (χ4n) is 1.31. The molecule has 1 unspecified atom stereocenters. The van der Waals surface area contributed by atoms with E-state index in [-0.39, 0.29) is 23.4 Å². The lowest BCUT2D eigenvalue weighted by Crippen LogP contribution is -2.40. The molecule has 3 N–H and O–H groups in total. The number of carbonyl (C=O) groups excluding carboxylic acids is 1. The maximum absolute atomic E-state index is 11.8. The normalized spacial score (nSPS) is 12.4. The Hall–Kier alpha value is -1.50. The predicted octanol–water partition coefficient (Wildman–Crippen LogP) is 0.244. The van der Waals surface area contributed by atoms with Gasteiger partial charge in [-0.3, -0.25) is 4.79 Å². The first-order valence-electron chi connectivity index (χ1n) is 4.84. The summed E-state index contributed by atoms with van der Waals surface area (Å²) in [6.07, 6.45) is 1.20. The van der Waals surface area contributed by atoms with Gasteiger partial charge in [-0.1, -0.05) is 31.2 Å². The average Bonchev–Trinajstić information content (AvgIpc) is 2.65. The smallest absolute Gasteiger partial charge is 0.230 e. The van der Waals surface area contributed by atoms with Crippen LogP contribution in [0.3, 0.4) is 0 Å². The molecule has 0 saturated heterocycles. The van der Waals surface area contributed by atoms with Crippen molar-refractivity contribution >= 4 is 23.1 Å². The van der Waals surface area contributed by atoms with Crippen LogP contribution in [0.15, 0.2) is 10.9 Å². The molecule has 0 aliphatic rings. The monoisotopic (exact) mass is 242 g/mol. The fourth-order valence-corrected chi connectivity index (χ4v) is 1.69. The number of thiocarbonyl (C=S) groups is 1. The van der Waals surface area contributed by atoms with Crippen molar-refractivity contribution in [3.63, 3.8) is 0 Å². The van der Waals surface area contributed by atoms with Crippen molar-refractivity contribution in [3.05, 3.63) is 12.2 Å². The molecule has 1 aromatic heterocycles. The van der Waals surface area contributed by atoms with E-state index in [9.17, 15) is 4.79 Å². The summed E-state index contributed by atoms with van der Waals surface area (Å²) in [6.45, 7) is 3.98. The Morgan fingerprint density at radius 3 is 2.81 bits per heavy atom. The molecule has 0 bridgehead atoms. The molecule has 1 heterocycles. The molecule has 6 nitrogen and oxygen atoms in total. The molecule has 1 aromatic rings. The third-order valence-electron chi connectivity index (χ3n) is 2.08. The molecule has 0 fully saturated rings. The second-order valence-corrected chi connectivity index (χ2v) is 4.16. The Morgan fingerprint density at radius 1 is 1.69 bits per heavy atom. The molecule has 1 rings (SSSR count). The summed E-state index contributed by atoms with van der Waals surface area (Å²) < 4.78 is 4.54. The highest BCUT2D eigenvalue weighted by molar-refractivity contribution is 7.80. The molecule has 0 aliphatic carbocycles. The van der Waals surface area contributed by atoms with Gasteiger partial charge in [-0.25, -0.2) is 0 Å². The third-order valence-corrected chi connectivity index (χ3v) is 2.34. The molecule has 1 amide bonds. The summed E-state index contributed by atoms with van der Waals surface area (Å²) >= 11 is 4.85. The zero-order chi connectivity index (χ0) is 12.1. The number of nitrogens with one attached hydrogen (secondary N) is 1. The van der Waals surface area contributed by atoms with Crippen LogP contribution in [0.1, 0.15) is 19.7 Å². The number of aromatic nitrogens is 2. The summed E-state index contributed by atoms with van der Waals surface area (Å²) in [5.74, 6) is -0.212. The number of nitrogens with two attached hydrogens (primary N) is 1. The van der Waals surface area contributed by atoms with Crippen LogP contribution in [-0.2, 0) is 11.3 Å². The standard InChI is InChI=1S/C9H14N4O2S/c1-5(2)7(8(10)16)9(14)11-3-6-12-4-15-13-6/h4-5,7H,3H2,1-2H3,(H2,10,16)(H,11,14). The second-order valence-electron chi connectivity index (χ2n) is 3.69. The van der Waals surface area contributed by atoms with Crippen LogP contribution in [0, 0.1) is 11.8 Å². The first-order chi connectivity index (χ1) is 7.52. The largest absolute Gasteiger partial charge is 0.393 e. The molecule has 0 aliphatic heterocycles. The molecule has 1 atom stereocenters. The van der Waals surface area contributed by atoms with E-state index in [1.807, 2.05) is 13.8 Å². The van der Waals surface area contributed by atoms with Crippen LogP contribution in [0.2, 0.25) is 0 Å². The topological polar surface area (TPSA) is 94.0 Å². The fraction of sp³-hybridized carbons (Fsp3) is 0.556. The highest BCUT2D eigenvalue weighted by Gasteiger charge is 2.24. The molecule has 0 spiro atoms. The van der Waals surface area contributed by atoms with Crippen molar-refractivity contribution < 1.29 is 9.32 Å². The number of nitrogens with zero attached hydrogens (tertiary/aromatic N) is 2. The predicted molar refractivity (Wildman–Crippen MR) is 61.3 cm³/mol. The quantitative estimate of drug-likeness (QED) is 0.718. The lowest BCUT2D eigenvalue weighted by Gasteiger charge is -2.18. The molecule has 16 heavy (non-hydrogen) atoms. The Bertz CT molecular complexity index is 364. The summed E-state index contributed by atoms with van der Waals surface area (Å²) in [5, 5.41) is 6.23. The van der Waals surface area contributed by atoms with Crippen molar-refractivity contribution in [3.8, 4) is 0 Å². The SMILES string of the molecule is CC(C)C(C(=O)NCc1ncon1)C(N)=S. The van der Waals surface area contributed by atoms with Crippen LogP contribution in [0.5, 0.6) is 0 Å². The van der Waals surface area contributed by atoms with Gasteiger partial charge in [-0.05, 0) is 5.92 Å². The first-order valence-corrected chi connectivity index (χ1v) is 5.25. The maximum Gasteiger partial charge on any atom is 0.230 e. The first kappa shape index (κ1) is 12.6. The Labute approximate surface area is 98.6 Å². The van der Waals surface area contributed by atoms with Crippen LogP contribution in [0.25, 0.3) is 0 Å². The van der Waals surface area contributed by atoms with Gasteiger partial charge in [0, 0.05) is 0 Å². The minimum atomic E-state index is -0.470. The number of amides is 1. The van der Waals surface area contributed by atoms with Crippen LogP contribution in [-0.4, -0.2) is 21.0 Å². The van der Waals surface area contributed by atoms with E-state index >= 15 is 0 Å². The van der Waals surface area contributed by atoms with Gasteiger partial charge in [-0.2, -0.15) is 4.98 Å². The van der Waals surface area contributed by atoms with E-state index in [1.54, 1.807) is 0 Å². The second kappa shape index (κ2) is 5.55. The molecule has 0 aromatic carbocycles. The van der Waals surface area contributed by atoms with Crippen LogP contribution in [0.4, 0.5) is 0 Å². The van der Waals surface area contributed by atoms with Crippen molar-refractivity contribution in [1.29, 1.82) is 0 Å². The van der Waals surface area contributed by atoms with Gasteiger partial charge in [0.25, 0.3) is 0 Å². The molecule has 0 radical (unpaired) electrons. The zero-order valence-electron chi connectivity index (χ0n) is 9.14. The van der Waals surface area contributed by atoms with E-state index in [2.05, 4.69) is 20.0 Å². The van der Waals surface area contributed by atoms with Crippen molar-refractivity contribution in [2.24, 2.45) is 17.6 Å². The molecule has 0 saturated carbocycles. The summed E-state index contributed by atoms with van der Waals surface area (Å²) in [7, 11) is 0. The van der Waals surface area contributed by atoms with E-state index in [1.165, 1.54) is 6.39 Å². The molecular formula is C9H14N4O2S. The Morgan fingerprint density at radius 2 is 2.38 bits per heavy atom. The Kier molecular flexibility index (Phi) is 4.36. The van der Waals surface area contributed by atoms with E-state index in [4.69, 9.17) is 18.0 Å². The van der Waals surface area contributed by atoms with E-state index in [0.29, 0.717) is 5.82 Å². The van der Waals surface area contributed by atoms with Crippen LogP contribution >= 0.6 is 12.2 Å². The van der Waals surface area contributed by atoms with Gasteiger partial charge in [0.2, 0.25) is 12.3 Å². The maximum atomic E-state index is 11.8. The number of carbonyl (C=O) groups is 1. The third kappa shape index (κ3) is 3.27. The summed E-state index contributed by atoms with van der Waals surface area (Å²) in [5.41, 5.74) is 5.51. The van der Waals surface area contributed by atoms with Gasteiger partial charge in [0.1, 0.15) is 0 Å². The van der Waals surface area contributed by atoms with Crippen molar-refractivity contribution in [2.75, 3.05) is 0 Å². The lowest BCUT2D eigenvalue weighted by molar-refractivity contribution is -0.124. The minimum absolute atomic E-state index is 0.0581. The lowest BCUT2D eigenvalue weighted by atomic mass is 9.95. The zero-order valence-corrected chi connectivity index (χ0v) is 9.95. The Balaban J connectivity index is 2.53. The summed E-state index contributed by atoms with van der Waals surface area (Å²) in [6, 6.07) is 0. The van der Waals surface area contributed by atoms with Crippen molar-refractivity contribution in [1.82, 2.24) is 15.5 Å². The van der Waals surface area contributed by atoms with Gasteiger partial charge < -0.3 is 15.6 Å². The number of hydrogen-bond donors (Lipinski definition) is 2. The van der Waals surface area contributed by atoms with E-state index in [0.717, 1.165) is 0 Å². The molecule has 88 valence electrons. The van der Waals surface area contributed by atoms with Gasteiger partial charge in [-0.15, -0.1) is 0 Å². The van der Waals surface area contributed by atoms with Gasteiger partial charge >= 0.3 is 0 Å². The van der Waals surface area contributed by atoms with Crippen molar-refractivity contribution in [2.45, 2.75) is 20.4 Å². The van der Waals surface area contributed by atoms with Crippen LogP contribution < -0.4 is 11.1 Å². The highest BCUT2D eigenvalue weighted by Crippen LogP contribution is 2.11. The molecule has 7 heteroatoms. The average molecular weight is 242 g/mol. The number of rotatable bonds is 5. The summed E-state index contributed by atoms with van der Waals surface area (Å²) in [4.78, 5) is 15.7. The minimum Gasteiger partial charge on any atom is -0.393 e. The van der Waals surface area contributed by atoms with E-state index < -0.39 is 5.92 Å². The van der Waals surface area contributed by atoms with Gasteiger partial charge in [0.15, 0.2) is 5.82 Å². The molecular weight excluding hydrogens is 228 g/mol. The highest BCUT2D eigenvalue weighted by atomic mass is 32.1. The van der Waals surface area contributed by atoms with Gasteiger partial charge in [0.05, 0.1) is 17.5 Å². The number of hydrogen-bond acceptors (Lipinski definition) is 5.